The molecule has 11 heavy (non-hydrogen) atoms. The molecule has 1 rings (SSSR count). The van der Waals surface area contributed by atoms with Gasteiger partial charge in [0, 0.05) is 5.41 Å². The molecule has 1 aliphatic rings. The van der Waals surface area contributed by atoms with E-state index in [-0.39, 0.29) is 0 Å². The molecule has 0 aromatic carbocycles. The zero-order chi connectivity index (χ0) is 8.54. The van der Waals surface area contributed by atoms with Crippen molar-refractivity contribution in [3.63, 3.8) is 0 Å². The summed E-state index contributed by atoms with van der Waals surface area (Å²) in [4.78, 5) is 0. The molecule has 0 atom stereocenters. The van der Waals surface area contributed by atoms with E-state index in [1.54, 1.807) is 0 Å². The van der Waals surface area contributed by atoms with Crippen molar-refractivity contribution in [2.75, 3.05) is 6.67 Å². The first kappa shape index (κ1) is 8.67. The minimum absolute atomic E-state index is 0.580. The molecule has 0 amide bonds. The second-order valence-electron chi connectivity index (χ2n) is 2.73. The maximum Gasteiger partial charge on any atom is 0.233 e. The van der Waals surface area contributed by atoms with Gasteiger partial charge in [0.15, 0.2) is 0 Å². The van der Waals surface area contributed by atoms with E-state index in [1.807, 2.05) is 0 Å². The average molecular weight is 179 g/mol. The maximum atomic E-state index is 12.1. The Morgan fingerprint density at radius 1 is 1.64 bits per heavy atom. The molecule has 0 saturated heterocycles. The molecule has 64 valence electrons. The van der Waals surface area contributed by atoms with Crippen LogP contribution in [-0.4, -0.2) is 20.6 Å². The van der Waals surface area contributed by atoms with E-state index in [2.05, 4.69) is 11.3 Å². The number of alkyl halides is 1. The standard InChI is InChI=1S/C6H10FNO2S/c1-2-11(9,10)8-6(5-7)3-4-6/h2,8H,1,3-5H2. The van der Waals surface area contributed by atoms with E-state index >= 15 is 0 Å². The van der Waals surface area contributed by atoms with Gasteiger partial charge in [0.2, 0.25) is 10.0 Å². The van der Waals surface area contributed by atoms with Crippen LogP contribution in [0.2, 0.25) is 0 Å². The molecule has 1 fully saturated rings. The first-order chi connectivity index (χ1) is 5.04. The van der Waals surface area contributed by atoms with Gasteiger partial charge in [0.05, 0.1) is 5.54 Å². The topological polar surface area (TPSA) is 46.2 Å². The van der Waals surface area contributed by atoms with Gasteiger partial charge in [0.25, 0.3) is 0 Å². The third-order valence-corrected chi connectivity index (χ3v) is 2.84. The van der Waals surface area contributed by atoms with Crippen LogP contribution >= 0.6 is 0 Å². The smallest absolute Gasteiger partial charge is 0.233 e. The Kier molecular flexibility index (Phi) is 2.02. The lowest BCUT2D eigenvalue weighted by Gasteiger charge is -2.09. The Morgan fingerprint density at radius 2 is 2.18 bits per heavy atom. The Bertz CT molecular complexity index is 256. The van der Waals surface area contributed by atoms with Crippen LogP contribution in [0.25, 0.3) is 0 Å². The molecule has 5 heteroatoms. The van der Waals surface area contributed by atoms with E-state index in [1.165, 1.54) is 0 Å². The number of nitrogens with one attached hydrogen (secondary N) is 1. The second kappa shape index (κ2) is 2.57. The van der Waals surface area contributed by atoms with Gasteiger partial charge in [-0.3, -0.25) is 0 Å². The summed E-state index contributed by atoms with van der Waals surface area (Å²) < 4.78 is 36.0. The first-order valence-corrected chi connectivity index (χ1v) is 4.81. The van der Waals surface area contributed by atoms with E-state index in [9.17, 15) is 12.8 Å². The largest absolute Gasteiger partial charge is 0.249 e. The maximum absolute atomic E-state index is 12.1. The number of hydrogen-bond acceptors (Lipinski definition) is 2. The summed E-state index contributed by atoms with van der Waals surface area (Å²) >= 11 is 0. The zero-order valence-corrected chi connectivity index (χ0v) is 6.82. The molecule has 1 aliphatic carbocycles. The van der Waals surface area contributed by atoms with E-state index in [0.717, 1.165) is 5.41 Å². The van der Waals surface area contributed by atoms with Crippen molar-refractivity contribution < 1.29 is 12.8 Å². The first-order valence-electron chi connectivity index (χ1n) is 3.26. The lowest BCUT2D eigenvalue weighted by molar-refractivity contribution is 0.394. The molecule has 0 aromatic heterocycles. The number of rotatable bonds is 4. The highest BCUT2D eigenvalue weighted by atomic mass is 32.2. The highest BCUT2D eigenvalue weighted by Gasteiger charge is 2.45. The summed E-state index contributed by atoms with van der Waals surface area (Å²) in [5.41, 5.74) is -0.799. The summed E-state index contributed by atoms with van der Waals surface area (Å²) in [5.74, 6) is 0. The normalized spacial score (nSPS) is 21.2. The van der Waals surface area contributed by atoms with Crippen molar-refractivity contribution >= 4 is 10.0 Å². The Balaban J connectivity index is 2.62. The minimum Gasteiger partial charge on any atom is -0.249 e. The molecule has 0 radical (unpaired) electrons. The van der Waals surface area contributed by atoms with E-state index < -0.39 is 22.2 Å². The lowest BCUT2D eigenvalue weighted by Crippen LogP contribution is -2.37. The van der Waals surface area contributed by atoms with Crippen molar-refractivity contribution in [3.05, 3.63) is 12.0 Å². The minimum atomic E-state index is -3.45. The fourth-order valence-electron chi connectivity index (χ4n) is 0.757. The fourth-order valence-corrected chi connectivity index (χ4v) is 1.70. The number of hydrogen-bond donors (Lipinski definition) is 1. The van der Waals surface area contributed by atoms with Crippen LogP contribution in [-0.2, 0) is 10.0 Å². The van der Waals surface area contributed by atoms with Gasteiger partial charge >= 0.3 is 0 Å². The second-order valence-corrected chi connectivity index (χ2v) is 4.36. The van der Waals surface area contributed by atoms with Gasteiger partial charge in [0.1, 0.15) is 6.67 Å². The Labute approximate surface area is 65.3 Å². The molecule has 0 spiro atoms. The molecular weight excluding hydrogens is 169 g/mol. The van der Waals surface area contributed by atoms with Crippen LogP contribution < -0.4 is 4.72 Å². The van der Waals surface area contributed by atoms with Crippen LogP contribution in [0.1, 0.15) is 12.8 Å². The van der Waals surface area contributed by atoms with Crippen LogP contribution in [0, 0.1) is 0 Å². The third kappa shape index (κ3) is 2.00. The van der Waals surface area contributed by atoms with Gasteiger partial charge in [-0.15, -0.1) is 0 Å². The molecule has 0 unspecified atom stereocenters. The monoisotopic (exact) mass is 179 g/mol. The molecule has 0 heterocycles. The van der Waals surface area contributed by atoms with Crippen molar-refractivity contribution in [1.29, 1.82) is 0 Å². The predicted molar refractivity (Wildman–Crippen MR) is 40.2 cm³/mol. The van der Waals surface area contributed by atoms with Crippen LogP contribution in [0.5, 0.6) is 0 Å². The van der Waals surface area contributed by atoms with Crippen molar-refractivity contribution in [3.8, 4) is 0 Å². The Morgan fingerprint density at radius 3 is 2.45 bits per heavy atom. The van der Waals surface area contributed by atoms with Crippen molar-refractivity contribution in [2.24, 2.45) is 0 Å². The van der Waals surface area contributed by atoms with Crippen LogP contribution in [0.4, 0.5) is 4.39 Å². The van der Waals surface area contributed by atoms with Gasteiger partial charge in [-0.2, -0.15) is 0 Å². The summed E-state index contributed by atoms with van der Waals surface area (Å²) in [6.45, 7) is 2.47. The summed E-state index contributed by atoms with van der Waals surface area (Å²) in [5, 5.41) is 0.794. The molecule has 1 N–H and O–H groups in total. The Hall–Kier alpha value is -0.420. The van der Waals surface area contributed by atoms with Crippen molar-refractivity contribution in [2.45, 2.75) is 18.4 Å². The van der Waals surface area contributed by atoms with Gasteiger partial charge in [-0.1, -0.05) is 6.58 Å². The van der Waals surface area contributed by atoms with Crippen LogP contribution in [0.3, 0.4) is 0 Å². The average Bonchev–Trinajstić information content (AvgIpc) is 2.69. The SMILES string of the molecule is C=CS(=O)(=O)NC1(CF)CC1. The van der Waals surface area contributed by atoms with E-state index in [4.69, 9.17) is 0 Å². The van der Waals surface area contributed by atoms with Gasteiger partial charge in [-0.05, 0) is 12.8 Å². The van der Waals surface area contributed by atoms with Crippen molar-refractivity contribution in [1.82, 2.24) is 4.72 Å². The quantitative estimate of drug-likeness (QED) is 0.685. The molecule has 0 aliphatic heterocycles. The van der Waals surface area contributed by atoms with E-state index in [0.29, 0.717) is 12.8 Å². The molecule has 0 aromatic rings. The number of sulfonamides is 1. The molecule has 0 bridgehead atoms. The molecule has 1 saturated carbocycles. The zero-order valence-electron chi connectivity index (χ0n) is 6.01. The third-order valence-electron chi connectivity index (χ3n) is 1.69. The van der Waals surface area contributed by atoms with Crippen LogP contribution in [0.15, 0.2) is 12.0 Å². The molecular formula is C6H10FNO2S. The predicted octanol–water partition coefficient (Wildman–Crippen LogP) is 0.551. The number of halogens is 1. The fraction of sp³-hybridized carbons (Fsp3) is 0.667. The summed E-state index contributed by atoms with van der Waals surface area (Å²) in [7, 11) is -3.45. The summed E-state index contributed by atoms with van der Waals surface area (Å²) in [6.07, 6.45) is 1.16. The van der Waals surface area contributed by atoms with Gasteiger partial charge < -0.3 is 0 Å². The molecule has 3 nitrogen and oxygen atoms in total. The summed E-state index contributed by atoms with van der Waals surface area (Å²) in [6, 6.07) is 0. The lowest BCUT2D eigenvalue weighted by atomic mass is 10.3. The highest BCUT2D eigenvalue weighted by Crippen LogP contribution is 2.36. The van der Waals surface area contributed by atoms with Gasteiger partial charge in [-0.25, -0.2) is 17.5 Å². The highest BCUT2D eigenvalue weighted by molar-refractivity contribution is 7.92.